The minimum atomic E-state index is -0.354. The Morgan fingerprint density at radius 3 is 2.69 bits per heavy atom. The van der Waals surface area contributed by atoms with Gasteiger partial charge in [0.2, 0.25) is 0 Å². The molecule has 4 aromatic rings. The van der Waals surface area contributed by atoms with Crippen molar-refractivity contribution in [3.8, 4) is 16.8 Å². The molecule has 0 saturated heterocycles. The topological polar surface area (TPSA) is 56.7 Å². The van der Waals surface area contributed by atoms with Crippen molar-refractivity contribution in [1.29, 1.82) is 0 Å². The standard InChI is InChI=1S/C20H16ClFN4/c1-12(23)13-4-7-19-18(9-13)25-11-26(19)14-5-6-17(22)16(10-14)15-3-2-8-24-20(15)21/h2-12H,23H2,1H3/t12-/m1/s1. The number of rotatable bonds is 3. The summed E-state index contributed by atoms with van der Waals surface area (Å²) in [6.07, 6.45) is 3.30. The summed E-state index contributed by atoms with van der Waals surface area (Å²) < 4.78 is 16.3. The van der Waals surface area contributed by atoms with E-state index in [0.29, 0.717) is 11.1 Å². The van der Waals surface area contributed by atoms with Crippen LogP contribution in [0.1, 0.15) is 18.5 Å². The molecular formula is C20H16ClFN4. The predicted octanol–water partition coefficient (Wildman–Crippen LogP) is 4.90. The molecule has 0 spiro atoms. The summed E-state index contributed by atoms with van der Waals surface area (Å²) in [5.41, 5.74) is 10.5. The molecule has 0 fully saturated rings. The Bertz CT molecular complexity index is 1100. The average molecular weight is 367 g/mol. The molecule has 4 nitrogen and oxygen atoms in total. The maximum atomic E-state index is 14.4. The van der Waals surface area contributed by atoms with E-state index in [4.69, 9.17) is 17.3 Å². The zero-order chi connectivity index (χ0) is 18.3. The minimum Gasteiger partial charge on any atom is -0.324 e. The van der Waals surface area contributed by atoms with Crippen molar-refractivity contribution >= 4 is 22.6 Å². The van der Waals surface area contributed by atoms with Gasteiger partial charge in [-0.25, -0.2) is 14.4 Å². The first-order valence-electron chi connectivity index (χ1n) is 8.18. The van der Waals surface area contributed by atoms with Crippen molar-refractivity contribution in [3.05, 3.63) is 77.6 Å². The molecule has 130 valence electrons. The molecule has 2 heterocycles. The molecule has 0 radical (unpaired) electrons. The summed E-state index contributed by atoms with van der Waals surface area (Å²) in [5, 5.41) is 0.264. The third kappa shape index (κ3) is 2.85. The lowest BCUT2D eigenvalue weighted by molar-refractivity contribution is 0.631. The van der Waals surface area contributed by atoms with E-state index < -0.39 is 0 Å². The van der Waals surface area contributed by atoms with Crippen molar-refractivity contribution in [2.45, 2.75) is 13.0 Å². The van der Waals surface area contributed by atoms with Crippen molar-refractivity contribution in [2.24, 2.45) is 5.73 Å². The average Bonchev–Trinajstić information content (AvgIpc) is 3.06. The second-order valence-electron chi connectivity index (χ2n) is 6.16. The number of imidazole rings is 1. The molecule has 0 saturated carbocycles. The Labute approximate surface area is 155 Å². The van der Waals surface area contributed by atoms with Gasteiger partial charge in [0, 0.05) is 29.1 Å². The van der Waals surface area contributed by atoms with Crippen LogP contribution in [0.15, 0.2) is 61.1 Å². The Balaban J connectivity index is 1.86. The van der Waals surface area contributed by atoms with Gasteiger partial charge in [0.15, 0.2) is 0 Å². The first-order valence-corrected chi connectivity index (χ1v) is 8.56. The highest BCUT2D eigenvalue weighted by atomic mass is 35.5. The van der Waals surface area contributed by atoms with Crippen LogP contribution in [0.2, 0.25) is 5.15 Å². The van der Waals surface area contributed by atoms with Gasteiger partial charge in [-0.05, 0) is 55.0 Å². The maximum Gasteiger partial charge on any atom is 0.136 e. The first-order chi connectivity index (χ1) is 12.5. The predicted molar refractivity (Wildman–Crippen MR) is 102 cm³/mol. The zero-order valence-electron chi connectivity index (χ0n) is 14.0. The van der Waals surface area contributed by atoms with Crippen LogP contribution >= 0.6 is 11.6 Å². The smallest absolute Gasteiger partial charge is 0.136 e. The number of nitrogens with zero attached hydrogens (tertiary/aromatic N) is 3. The fourth-order valence-electron chi connectivity index (χ4n) is 2.98. The third-order valence-electron chi connectivity index (χ3n) is 4.37. The molecule has 2 aromatic heterocycles. The molecule has 26 heavy (non-hydrogen) atoms. The van der Waals surface area contributed by atoms with E-state index in [-0.39, 0.29) is 17.0 Å². The fourth-order valence-corrected chi connectivity index (χ4v) is 3.20. The van der Waals surface area contributed by atoms with Crippen LogP contribution in [0.3, 0.4) is 0 Å². The van der Waals surface area contributed by atoms with Crippen LogP contribution in [-0.2, 0) is 0 Å². The second kappa shape index (κ2) is 6.52. The number of nitrogens with two attached hydrogens (primary N) is 1. The van der Waals surface area contributed by atoms with Crippen LogP contribution in [-0.4, -0.2) is 14.5 Å². The summed E-state index contributed by atoms with van der Waals surface area (Å²) >= 11 is 6.14. The number of aromatic nitrogens is 3. The van der Waals surface area contributed by atoms with Crippen molar-refractivity contribution in [2.75, 3.05) is 0 Å². The SMILES string of the molecule is C[C@@H](N)c1ccc2c(c1)ncn2-c1ccc(F)c(-c2cccnc2Cl)c1. The van der Waals surface area contributed by atoms with Crippen molar-refractivity contribution < 1.29 is 4.39 Å². The normalized spacial score (nSPS) is 12.5. The molecule has 0 bridgehead atoms. The Hall–Kier alpha value is -2.76. The molecule has 4 rings (SSSR count). The molecule has 0 aliphatic carbocycles. The van der Waals surface area contributed by atoms with E-state index in [1.165, 1.54) is 6.07 Å². The van der Waals surface area contributed by atoms with Gasteiger partial charge < -0.3 is 5.73 Å². The molecule has 2 aromatic carbocycles. The van der Waals surface area contributed by atoms with Crippen molar-refractivity contribution in [3.63, 3.8) is 0 Å². The van der Waals surface area contributed by atoms with Gasteiger partial charge >= 0.3 is 0 Å². The molecule has 0 aliphatic rings. The number of pyridine rings is 1. The minimum absolute atomic E-state index is 0.0605. The van der Waals surface area contributed by atoms with E-state index in [2.05, 4.69) is 9.97 Å². The molecule has 2 N–H and O–H groups in total. The molecule has 0 amide bonds. The Kier molecular flexibility index (Phi) is 4.18. The second-order valence-corrected chi connectivity index (χ2v) is 6.52. The van der Waals surface area contributed by atoms with Crippen LogP contribution in [0.4, 0.5) is 4.39 Å². The van der Waals surface area contributed by atoms with E-state index in [1.54, 1.807) is 36.8 Å². The van der Waals surface area contributed by atoms with Crippen LogP contribution in [0, 0.1) is 5.82 Å². The number of hydrogen-bond acceptors (Lipinski definition) is 3. The fraction of sp³-hybridized carbons (Fsp3) is 0.100. The highest BCUT2D eigenvalue weighted by molar-refractivity contribution is 6.32. The van der Waals surface area contributed by atoms with Crippen LogP contribution in [0.5, 0.6) is 0 Å². The monoisotopic (exact) mass is 366 g/mol. The van der Waals surface area contributed by atoms with Crippen molar-refractivity contribution in [1.82, 2.24) is 14.5 Å². The maximum absolute atomic E-state index is 14.4. The summed E-state index contributed by atoms with van der Waals surface area (Å²) in [6, 6.07) is 14.2. The number of halogens is 2. The van der Waals surface area contributed by atoms with Gasteiger partial charge in [0.25, 0.3) is 0 Å². The van der Waals surface area contributed by atoms with Gasteiger partial charge in [0.05, 0.1) is 11.0 Å². The molecule has 0 unspecified atom stereocenters. The first kappa shape index (κ1) is 16.7. The lowest BCUT2D eigenvalue weighted by Crippen LogP contribution is -2.04. The molecule has 0 aliphatic heterocycles. The van der Waals surface area contributed by atoms with Gasteiger partial charge in [-0.15, -0.1) is 0 Å². The lowest BCUT2D eigenvalue weighted by atomic mass is 10.1. The van der Waals surface area contributed by atoms with Gasteiger partial charge in [-0.2, -0.15) is 0 Å². The molecule has 6 heteroatoms. The highest BCUT2D eigenvalue weighted by Crippen LogP contribution is 2.31. The highest BCUT2D eigenvalue weighted by Gasteiger charge is 2.13. The number of fused-ring (bicyclic) bond motifs is 1. The van der Waals surface area contributed by atoms with Crippen LogP contribution < -0.4 is 5.73 Å². The molecular weight excluding hydrogens is 351 g/mol. The number of benzene rings is 2. The van der Waals surface area contributed by atoms with E-state index in [9.17, 15) is 4.39 Å². The lowest BCUT2D eigenvalue weighted by Gasteiger charge is -2.10. The van der Waals surface area contributed by atoms with Crippen LogP contribution in [0.25, 0.3) is 27.8 Å². The third-order valence-corrected chi connectivity index (χ3v) is 4.68. The molecule has 1 atom stereocenters. The quantitative estimate of drug-likeness (QED) is 0.525. The Morgan fingerprint density at radius 1 is 1.08 bits per heavy atom. The van der Waals surface area contributed by atoms with Gasteiger partial charge in [-0.1, -0.05) is 17.7 Å². The van der Waals surface area contributed by atoms with Gasteiger partial charge in [0.1, 0.15) is 17.3 Å². The summed E-state index contributed by atoms with van der Waals surface area (Å²) in [5.74, 6) is -0.354. The Morgan fingerprint density at radius 2 is 1.92 bits per heavy atom. The largest absolute Gasteiger partial charge is 0.324 e. The summed E-state index contributed by atoms with van der Waals surface area (Å²) in [7, 11) is 0. The zero-order valence-corrected chi connectivity index (χ0v) is 14.8. The van der Waals surface area contributed by atoms with Gasteiger partial charge in [-0.3, -0.25) is 4.57 Å². The number of hydrogen-bond donors (Lipinski definition) is 1. The van der Waals surface area contributed by atoms with E-state index in [0.717, 1.165) is 22.3 Å². The van der Waals surface area contributed by atoms with E-state index in [1.807, 2.05) is 29.7 Å². The summed E-state index contributed by atoms with van der Waals surface area (Å²) in [4.78, 5) is 8.49. The van der Waals surface area contributed by atoms with E-state index >= 15 is 0 Å². The summed E-state index contributed by atoms with van der Waals surface area (Å²) in [6.45, 7) is 1.93.